The number of carbonyl (C=O) groups is 1. The van der Waals surface area contributed by atoms with Gasteiger partial charge in [-0.1, -0.05) is 12.1 Å². The summed E-state index contributed by atoms with van der Waals surface area (Å²) in [4.78, 5) is 23.3. The summed E-state index contributed by atoms with van der Waals surface area (Å²) < 4.78 is 5.81. The highest BCUT2D eigenvalue weighted by molar-refractivity contribution is 5.94. The first-order valence-corrected chi connectivity index (χ1v) is 11.0. The van der Waals surface area contributed by atoms with E-state index in [1.54, 1.807) is 18.3 Å². The Balaban J connectivity index is 1.24. The number of benzene rings is 2. The molecule has 2 aromatic carbocycles. The molecule has 1 spiro atoms. The van der Waals surface area contributed by atoms with E-state index in [-0.39, 0.29) is 18.1 Å². The van der Waals surface area contributed by atoms with Crippen LogP contribution in [0.1, 0.15) is 23.2 Å². The Labute approximate surface area is 192 Å². The van der Waals surface area contributed by atoms with Crippen LogP contribution in [0, 0.1) is 11.3 Å². The number of amides is 1. The van der Waals surface area contributed by atoms with Gasteiger partial charge in [0.2, 0.25) is 5.95 Å². The number of ether oxygens (including phenoxy) is 1. The van der Waals surface area contributed by atoms with Crippen LogP contribution in [0.2, 0.25) is 0 Å². The van der Waals surface area contributed by atoms with Crippen LogP contribution >= 0.6 is 0 Å². The fourth-order valence-corrected chi connectivity index (χ4v) is 4.26. The van der Waals surface area contributed by atoms with E-state index < -0.39 is 0 Å². The van der Waals surface area contributed by atoms with E-state index in [9.17, 15) is 4.79 Å². The summed E-state index contributed by atoms with van der Waals surface area (Å²) in [6, 6.07) is 19.1. The number of aromatic nitrogens is 2. The lowest BCUT2D eigenvalue weighted by Crippen LogP contribution is -2.45. The Morgan fingerprint density at radius 1 is 1.12 bits per heavy atom. The van der Waals surface area contributed by atoms with Crippen molar-refractivity contribution < 1.29 is 9.53 Å². The van der Waals surface area contributed by atoms with Crippen molar-refractivity contribution in [3.63, 3.8) is 0 Å². The van der Waals surface area contributed by atoms with E-state index in [2.05, 4.69) is 37.6 Å². The van der Waals surface area contributed by atoms with Gasteiger partial charge in [0.05, 0.1) is 24.0 Å². The Hall–Kier alpha value is -3.96. The molecule has 0 unspecified atom stereocenters. The van der Waals surface area contributed by atoms with Gasteiger partial charge >= 0.3 is 0 Å². The molecule has 0 radical (unpaired) electrons. The normalized spacial score (nSPS) is 19.1. The molecule has 2 aliphatic heterocycles. The van der Waals surface area contributed by atoms with E-state index in [1.807, 2.05) is 36.4 Å². The quantitative estimate of drug-likeness (QED) is 0.566. The highest BCUT2D eigenvalue weighted by Gasteiger charge is 2.44. The summed E-state index contributed by atoms with van der Waals surface area (Å²) in [7, 11) is 0. The Morgan fingerprint density at radius 2 is 1.91 bits per heavy atom. The maximum atomic E-state index is 12.0. The van der Waals surface area contributed by atoms with Gasteiger partial charge < -0.3 is 20.3 Å². The van der Waals surface area contributed by atoms with E-state index in [0.29, 0.717) is 11.5 Å². The molecule has 2 saturated heterocycles. The van der Waals surface area contributed by atoms with Gasteiger partial charge in [0.15, 0.2) is 0 Å². The van der Waals surface area contributed by atoms with E-state index in [1.165, 1.54) is 5.69 Å². The highest BCUT2D eigenvalue weighted by atomic mass is 16.5. The molecule has 8 heteroatoms. The van der Waals surface area contributed by atoms with Gasteiger partial charge in [-0.2, -0.15) is 5.26 Å². The average Bonchev–Trinajstić information content (AvgIpc) is 3.30. The first-order chi connectivity index (χ1) is 16.1. The van der Waals surface area contributed by atoms with Gasteiger partial charge in [0.1, 0.15) is 6.54 Å². The number of anilines is 3. The number of rotatable bonds is 6. The van der Waals surface area contributed by atoms with Crippen LogP contribution in [-0.2, 0) is 4.74 Å². The zero-order valence-corrected chi connectivity index (χ0v) is 18.1. The molecule has 1 amide bonds. The second-order valence-corrected chi connectivity index (χ2v) is 8.31. The molecule has 3 aromatic rings. The van der Waals surface area contributed by atoms with Crippen LogP contribution in [-0.4, -0.2) is 47.7 Å². The monoisotopic (exact) mass is 440 g/mol. The summed E-state index contributed by atoms with van der Waals surface area (Å²) in [5.41, 5.74) is 4.30. The van der Waals surface area contributed by atoms with Crippen LogP contribution in [0.15, 0.2) is 60.8 Å². The summed E-state index contributed by atoms with van der Waals surface area (Å²) >= 11 is 0. The standard InChI is InChI=1S/C25H24N6O2/c26-12-14-27-23(32)19-3-1-18(2-4-19)22-9-13-28-24(30-22)29-20-5-7-21(8-6-20)31-15-10-25(17-31)11-16-33-25/h1-9,13H,10-11,14-17H2,(H,27,32)(H,28,29,30)/t25-/m1/s1. The van der Waals surface area contributed by atoms with Crippen molar-refractivity contribution in [2.75, 3.05) is 36.5 Å². The molecular formula is C25H24N6O2. The SMILES string of the molecule is N#CCNC(=O)c1ccc(-c2ccnc(Nc3ccc(N4CC[C@@]5(CCO5)C4)cc3)n2)cc1. The molecule has 5 rings (SSSR count). The van der Waals surface area contributed by atoms with Gasteiger partial charge in [-0.25, -0.2) is 9.97 Å². The molecule has 2 aliphatic rings. The van der Waals surface area contributed by atoms with Gasteiger partial charge in [-0.3, -0.25) is 4.79 Å². The molecule has 0 saturated carbocycles. The molecule has 0 aliphatic carbocycles. The lowest BCUT2D eigenvalue weighted by Gasteiger charge is -2.38. The Morgan fingerprint density at radius 3 is 2.58 bits per heavy atom. The maximum absolute atomic E-state index is 12.0. The van der Waals surface area contributed by atoms with Gasteiger partial charge in [0.25, 0.3) is 5.91 Å². The van der Waals surface area contributed by atoms with Crippen molar-refractivity contribution in [2.45, 2.75) is 18.4 Å². The largest absolute Gasteiger partial charge is 0.373 e. The van der Waals surface area contributed by atoms with Gasteiger partial charge in [0, 0.05) is 48.2 Å². The minimum absolute atomic E-state index is 0.0181. The molecule has 2 N–H and O–H groups in total. The lowest BCUT2D eigenvalue weighted by molar-refractivity contribution is -0.130. The number of nitrogens with one attached hydrogen (secondary N) is 2. The molecule has 33 heavy (non-hydrogen) atoms. The zero-order chi connectivity index (χ0) is 22.7. The molecule has 2 fully saturated rings. The summed E-state index contributed by atoms with van der Waals surface area (Å²) in [6.07, 6.45) is 3.96. The van der Waals surface area contributed by atoms with E-state index >= 15 is 0 Å². The van der Waals surface area contributed by atoms with Crippen molar-refractivity contribution in [2.24, 2.45) is 0 Å². The fraction of sp³-hybridized carbons (Fsp3) is 0.280. The highest BCUT2D eigenvalue weighted by Crippen LogP contribution is 2.38. The van der Waals surface area contributed by atoms with Crippen molar-refractivity contribution >= 4 is 23.2 Å². The minimum atomic E-state index is -0.277. The van der Waals surface area contributed by atoms with Crippen LogP contribution in [0.3, 0.4) is 0 Å². The first-order valence-electron chi connectivity index (χ1n) is 11.0. The van der Waals surface area contributed by atoms with Crippen LogP contribution < -0.4 is 15.5 Å². The Bertz CT molecular complexity index is 1180. The summed E-state index contributed by atoms with van der Waals surface area (Å²) in [5.74, 6) is 0.222. The first kappa shape index (κ1) is 20.9. The van der Waals surface area contributed by atoms with E-state index in [4.69, 9.17) is 10.00 Å². The van der Waals surface area contributed by atoms with Crippen LogP contribution in [0.4, 0.5) is 17.3 Å². The third kappa shape index (κ3) is 4.49. The predicted molar refractivity (Wildman–Crippen MR) is 125 cm³/mol. The lowest BCUT2D eigenvalue weighted by atomic mass is 9.94. The molecule has 166 valence electrons. The van der Waals surface area contributed by atoms with Crippen LogP contribution in [0.25, 0.3) is 11.3 Å². The molecule has 1 aromatic heterocycles. The summed E-state index contributed by atoms with van der Waals surface area (Å²) in [6.45, 7) is 2.85. The predicted octanol–water partition coefficient (Wildman–Crippen LogP) is 3.51. The van der Waals surface area contributed by atoms with Crippen LogP contribution in [0.5, 0.6) is 0 Å². The average molecular weight is 441 g/mol. The zero-order valence-electron chi connectivity index (χ0n) is 18.1. The molecule has 0 bridgehead atoms. The fourth-order valence-electron chi connectivity index (χ4n) is 4.26. The Kier molecular flexibility index (Phi) is 5.63. The third-order valence-corrected chi connectivity index (χ3v) is 6.20. The van der Waals surface area contributed by atoms with Crippen molar-refractivity contribution in [3.8, 4) is 17.3 Å². The number of hydrogen-bond donors (Lipinski definition) is 2. The van der Waals surface area contributed by atoms with Crippen molar-refractivity contribution in [3.05, 3.63) is 66.4 Å². The number of nitrogens with zero attached hydrogens (tertiary/aromatic N) is 4. The van der Waals surface area contributed by atoms with Crippen molar-refractivity contribution in [1.82, 2.24) is 15.3 Å². The maximum Gasteiger partial charge on any atom is 0.252 e. The smallest absolute Gasteiger partial charge is 0.252 e. The second kappa shape index (κ2) is 8.88. The number of carbonyl (C=O) groups excluding carboxylic acids is 1. The molecule has 8 nitrogen and oxygen atoms in total. The number of nitriles is 1. The summed E-state index contributed by atoms with van der Waals surface area (Å²) in [5, 5.41) is 14.4. The number of hydrogen-bond acceptors (Lipinski definition) is 7. The topological polar surface area (TPSA) is 103 Å². The molecule has 1 atom stereocenters. The minimum Gasteiger partial charge on any atom is -0.373 e. The second-order valence-electron chi connectivity index (χ2n) is 8.31. The van der Waals surface area contributed by atoms with Gasteiger partial charge in [-0.15, -0.1) is 0 Å². The van der Waals surface area contributed by atoms with Gasteiger partial charge in [-0.05, 0) is 48.9 Å². The molecular weight excluding hydrogens is 416 g/mol. The third-order valence-electron chi connectivity index (χ3n) is 6.20. The molecule has 3 heterocycles. The van der Waals surface area contributed by atoms with E-state index in [0.717, 1.165) is 49.5 Å². The van der Waals surface area contributed by atoms with Crippen molar-refractivity contribution in [1.29, 1.82) is 5.26 Å².